The minimum absolute atomic E-state index is 0.187. The molecule has 0 atom stereocenters. The number of aryl methyl sites for hydroxylation is 1. The summed E-state index contributed by atoms with van der Waals surface area (Å²) >= 11 is 0. The second-order valence-electron chi connectivity index (χ2n) is 3.67. The molecule has 1 heterocycles. The summed E-state index contributed by atoms with van der Waals surface area (Å²) in [6.07, 6.45) is 1.48. The van der Waals surface area contributed by atoms with Gasteiger partial charge in [0.1, 0.15) is 5.82 Å². The Balaban J connectivity index is 2.10. The van der Waals surface area contributed by atoms with Crippen molar-refractivity contribution in [1.82, 2.24) is 20.5 Å². The van der Waals surface area contributed by atoms with Gasteiger partial charge in [-0.2, -0.15) is 0 Å². The predicted octanol–water partition coefficient (Wildman–Crippen LogP) is 0.150. The molecule has 0 saturated heterocycles. The number of aromatic amines is 1. The topological polar surface area (TPSA) is 89.1 Å². The number of hydrogen-bond acceptors (Lipinski definition) is 5. The van der Waals surface area contributed by atoms with Crippen molar-refractivity contribution in [3.05, 3.63) is 11.6 Å². The van der Waals surface area contributed by atoms with Gasteiger partial charge in [0, 0.05) is 26.7 Å². The van der Waals surface area contributed by atoms with E-state index in [1.807, 2.05) is 6.92 Å². The number of methoxy groups -OCH3 is 1. The number of carbonyl (C=O) groups excluding carboxylic acids is 1. The van der Waals surface area contributed by atoms with E-state index in [2.05, 4.69) is 20.5 Å². The number of amides is 1. The van der Waals surface area contributed by atoms with Crippen LogP contribution < -0.4 is 5.32 Å². The van der Waals surface area contributed by atoms with Crippen LogP contribution in [0.25, 0.3) is 0 Å². The van der Waals surface area contributed by atoms with Gasteiger partial charge in [0.15, 0.2) is 0 Å². The van der Waals surface area contributed by atoms with Gasteiger partial charge in [-0.25, -0.2) is 4.98 Å². The number of nitrogens with one attached hydrogen (secondary N) is 2. The monoisotopic (exact) mass is 256 g/mol. The normalized spacial score (nSPS) is 10.6. The lowest BCUT2D eigenvalue weighted by Crippen LogP contribution is -2.26. The Bertz CT molecular complexity index is 354. The van der Waals surface area contributed by atoms with E-state index in [0.717, 1.165) is 12.8 Å². The fraction of sp³-hybridized carbons (Fsp3) is 0.727. The number of ether oxygens (including phenoxy) is 2. The molecule has 0 fully saturated rings. The Morgan fingerprint density at radius 2 is 2.22 bits per heavy atom. The first kappa shape index (κ1) is 14.6. The van der Waals surface area contributed by atoms with Gasteiger partial charge in [-0.15, -0.1) is 5.10 Å². The predicted molar refractivity (Wildman–Crippen MR) is 65.4 cm³/mol. The third kappa shape index (κ3) is 5.24. The third-order valence-corrected chi connectivity index (χ3v) is 2.25. The zero-order valence-electron chi connectivity index (χ0n) is 10.9. The molecule has 7 nitrogen and oxygen atoms in total. The second-order valence-corrected chi connectivity index (χ2v) is 3.67. The molecule has 0 saturated carbocycles. The molecule has 0 aliphatic rings. The highest BCUT2D eigenvalue weighted by atomic mass is 16.5. The second kappa shape index (κ2) is 8.60. The fourth-order valence-corrected chi connectivity index (χ4v) is 1.25. The van der Waals surface area contributed by atoms with Crippen LogP contribution >= 0.6 is 0 Å². The molecule has 7 heteroatoms. The van der Waals surface area contributed by atoms with E-state index in [4.69, 9.17) is 9.47 Å². The Labute approximate surface area is 106 Å². The van der Waals surface area contributed by atoms with Crippen LogP contribution in [0, 0.1) is 0 Å². The summed E-state index contributed by atoms with van der Waals surface area (Å²) in [5, 5.41) is 9.26. The number of H-pyrrole nitrogens is 1. The molecule has 1 rings (SSSR count). The first-order valence-corrected chi connectivity index (χ1v) is 6.04. The van der Waals surface area contributed by atoms with E-state index >= 15 is 0 Å². The maximum atomic E-state index is 11.6. The average molecular weight is 256 g/mol. The molecule has 0 aromatic carbocycles. The SMILES string of the molecule is CCc1nc(C(=O)NCCCOCCOC)n[nH]1. The van der Waals surface area contributed by atoms with Crippen molar-refractivity contribution >= 4 is 5.91 Å². The van der Waals surface area contributed by atoms with Crippen molar-refractivity contribution in [2.45, 2.75) is 19.8 Å². The van der Waals surface area contributed by atoms with Gasteiger partial charge in [0.25, 0.3) is 5.91 Å². The molecule has 102 valence electrons. The van der Waals surface area contributed by atoms with Crippen LogP contribution in [0.5, 0.6) is 0 Å². The van der Waals surface area contributed by atoms with Crippen LogP contribution in [0.3, 0.4) is 0 Å². The summed E-state index contributed by atoms with van der Waals surface area (Å²) in [5.74, 6) is 0.637. The molecular formula is C11H20N4O3. The summed E-state index contributed by atoms with van der Waals surface area (Å²) < 4.78 is 10.1. The van der Waals surface area contributed by atoms with Crippen LogP contribution in [-0.2, 0) is 15.9 Å². The van der Waals surface area contributed by atoms with E-state index in [0.29, 0.717) is 32.2 Å². The van der Waals surface area contributed by atoms with Crippen LogP contribution in [0.15, 0.2) is 0 Å². The van der Waals surface area contributed by atoms with Crippen LogP contribution in [0.1, 0.15) is 29.8 Å². The fourth-order valence-electron chi connectivity index (χ4n) is 1.25. The molecule has 0 aliphatic carbocycles. The molecule has 0 bridgehead atoms. The molecule has 0 spiro atoms. The first-order valence-electron chi connectivity index (χ1n) is 6.04. The van der Waals surface area contributed by atoms with Crippen LogP contribution in [0.4, 0.5) is 0 Å². The van der Waals surface area contributed by atoms with Crippen molar-refractivity contribution in [1.29, 1.82) is 0 Å². The van der Waals surface area contributed by atoms with Crippen molar-refractivity contribution < 1.29 is 14.3 Å². The van der Waals surface area contributed by atoms with Crippen molar-refractivity contribution in [3.8, 4) is 0 Å². The Morgan fingerprint density at radius 1 is 1.39 bits per heavy atom. The zero-order valence-corrected chi connectivity index (χ0v) is 10.9. The van der Waals surface area contributed by atoms with E-state index in [-0.39, 0.29) is 11.7 Å². The zero-order chi connectivity index (χ0) is 13.2. The number of hydrogen-bond donors (Lipinski definition) is 2. The number of rotatable bonds is 9. The lowest BCUT2D eigenvalue weighted by molar-refractivity contribution is 0.0688. The maximum absolute atomic E-state index is 11.6. The molecule has 0 unspecified atom stereocenters. The summed E-state index contributed by atoms with van der Waals surface area (Å²) in [4.78, 5) is 15.6. The largest absolute Gasteiger partial charge is 0.382 e. The third-order valence-electron chi connectivity index (χ3n) is 2.25. The van der Waals surface area contributed by atoms with Gasteiger partial charge in [0.2, 0.25) is 5.82 Å². The molecule has 0 aliphatic heterocycles. The summed E-state index contributed by atoms with van der Waals surface area (Å²) in [5.41, 5.74) is 0. The lowest BCUT2D eigenvalue weighted by atomic mass is 10.4. The highest BCUT2D eigenvalue weighted by molar-refractivity contribution is 5.90. The molecule has 18 heavy (non-hydrogen) atoms. The van der Waals surface area contributed by atoms with E-state index in [1.165, 1.54) is 0 Å². The number of carbonyl (C=O) groups is 1. The number of aromatic nitrogens is 3. The van der Waals surface area contributed by atoms with Crippen LogP contribution in [-0.4, -0.2) is 54.6 Å². The Morgan fingerprint density at radius 3 is 2.89 bits per heavy atom. The molecule has 0 radical (unpaired) electrons. The lowest BCUT2D eigenvalue weighted by Gasteiger charge is -2.04. The highest BCUT2D eigenvalue weighted by Gasteiger charge is 2.10. The summed E-state index contributed by atoms with van der Waals surface area (Å²) in [6, 6.07) is 0. The number of nitrogens with zero attached hydrogens (tertiary/aromatic N) is 2. The van der Waals surface area contributed by atoms with Crippen LogP contribution in [0.2, 0.25) is 0 Å². The summed E-state index contributed by atoms with van der Waals surface area (Å²) in [6.45, 7) is 4.24. The van der Waals surface area contributed by atoms with E-state index in [9.17, 15) is 4.79 Å². The van der Waals surface area contributed by atoms with Gasteiger partial charge < -0.3 is 14.8 Å². The smallest absolute Gasteiger partial charge is 0.290 e. The Hall–Kier alpha value is -1.47. The van der Waals surface area contributed by atoms with Crippen molar-refractivity contribution in [2.24, 2.45) is 0 Å². The van der Waals surface area contributed by atoms with Crippen molar-refractivity contribution in [3.63, 3.8) is 0 Å². The molecule has 2 N–H and O–H groups in total. The maximum Gasteiger partial charge on any atom is 0.290 e. The van der Waals surface area contributed by atoms with Gasteiger partial charge in [-0.3, -0.25) is 9.89 Å². The Kier molecular flexibility index (Phi) is 6.97. The first-order chi connectivity index (χ1) is 8.77. The standard InChI is InChI=1S/C11H20N4O3/c1-3-9-13-10(15-14-9)11(16)12-5-4-6-18-8-7-17-2/h3-8H2,1-2H3,(H,12,16)(H,13,14,15). The van der Waals surface area contributed by atoms with Gasteiger partial charge in [-0.05, 0) is 6.42 Å². The van der Waals surface area contributed by atoms with Gasteiger partial charge in [0.05, 0.1) is 13.2 Å². The van der Waals surface area contributed by atoms with E-state index < -0.39 is 0 Å². The molecule has 1 amide bonds. The average Bonchev–Trinajstić information content (AvgIpc) is 2.86. The van der Waals surface area contributed by atoms with Gasteiger partial charge in [-0.1, -0.05) is 6.92 Å². The molecule has 1 aromatic heterocycles. The highest BCUT2D eigenvalue weighted by Crippen LogP contribution is 1.93. The quantitative estimate of drug-likeness (QED) is 0.614. The minimum Gasteiger partial charge on any atom is -0.382 e. The molecular weight excluding hydrogens is 236 g/mol. The van der Waals surface area contributed by atoms with E-state index in [1.54, 1.807) is 7.11 Å². The summed E-state index contributed by atoms with van der Waals surface area (Å²) in [7, 11) is 1.63. The minimum atomic E-state index is -0.261. The van der Waals surface area contributed by atoms with Crippen molar-refractivity contribution in [2.75, 3.05) is 33.5 Å². The van der Waals surface area contributed by atoms with Gasteiger partial charge >= 0.3 is 0 Å². The molecule has 1 aromatic rings.